The molecule has 3 rings (SSSR count). The van der Waals surface area contributed by atoms with Crippen LogP contribution in [0.3, 0.4) is 0 Å². The van der Waals surface area contributed by atoms with Gasteiger partial charge in [0.15, 0.2) is 17.7 Å². The molecule has 0 aliphatic carbocycles. The molecule has 1 aromatic carbocycles. The van der Waals surface area contributed by atoms with Crippen molar-refractivity contribution in [3.8, 4) is 5.75 Å². The quantitative estimate of drug-likeness (QED) is 0.833. The average Bonchev–Trinajstić information content (AvgIpc) is 2.63. The highest BCUT2D eigenvalue weighted by atomic mass is 19.1. The van der Waals surface area contributed by atoms with Crippen molar-refractivity contribution < 1.29 is 13.9 Å². The molecule has 1 aromatic heterocycles. The zero-order valence-corrected chi connectivity index (χ0v) is 15.4. The number of piperidine rings is 1. The van der Waals surface area contributed by atoms with Crippen molar-refractivity contribution in [2.24, 2.45) is 0 Å². The largest absolute Gasteiger partial charge is 0.478 e. The molecular formula is C19H23FN4O3. The van der Waals surface area contributed by atoms with E-state index in [9.17, 15) is 14.0 Å². The third-order valence-electron chi connectivity index (χ3n) is 4.51. The van der Waals surface area contributed by atoms with Gasteiger partial charge in [-0.3, -0.25) is 14.6 Å². The predicted molar refractivity (Wildman–Crippen MR) is 99.5 cm³/mol. The van der Waals surface area contributed by atoms with Gasteiger partial charge in [-0.25, -0.2) is 9.37 Å². The van der Waals surface area contributed by atoms with Gasteiger partial charge in [0.05, 0.1) is 0 Å². The van der Waals surface area contributed by atoms with E-state index in [4.69, 9.17) is 4.74 Å². The fourth-order valence-corrected chi connectivity index (χ4v) is 3.05. The summed E-state index contributed by atoms with van der Waals surface area (Å²) >= 11 is 0. The number of halogens is 1. The maximum Gasteiger partial charge on any atom is 0.260 e. The summed E-state index contributed by atoms with van der Waals surface area (Å²) in [5.41, 5.74) is 0.496. The van der Waals surface area contributed by atoms with Crippen LogP contribution in [-0.4, -0.2) is 41.1 Å². The van der Waals surface area contributed by atoms with Crippen molar-refractivity contribution >= 4 is 11.9 Å². The smallest absolute Gasteiger partial charge is 0.260 e. The van der Waals surface area contributed by atoms with Crippen molar-refractivity contribution in [2.75, 3.05) is 18.0 Å². The number of rotatable bonds is 5. The second kappa shape index (κ2) is 8.20. The van der Waals surface area contributed by atoms with Gasteiger partial charge in [-0.1, -0.05) is 12.1 Å². The third-order valence-corrected chi connectivity index (χ3v) is 4.51. The fourth-order valence-electron chi connectivity index (χ4n) is 3.05. The monoisotopic (exact) mass is 374 g/mol. The average molecular weight is 374 g/mol. The van der Waals surface area contributed by atoms with E-state index in [0.29, 0.717) is 24.7 Å². The molecule has 1 saturated heterocycles. The Hall–Kier alpha value is -2.90. The number of carbonyl (C=O) groups excluding carboxylic acids is 1. The van der Waals surface area contributed by atoms with Gasteiger partial charge in [-0.2, -0.15) is 0 Å². The van der Waals surface area contributed by atoms with Crippen LogP contribution >= 0.6 is 0 Å². The molecular weight excluding hydrogens is 351 g/mol. The zero-order chi connectivity index (χ0) is 19.4. The normalized spacial score (nSPS) is 16.0. The minimum atomic E-state index is -0.797. The van der Waals surface area contributed by atoms with Crippen LogP contribution in [0.25, 0.3) is 0 Å². The van der Waals surface area contributed by atoms with Crippen molar-refractivity contribution in [3.63, 3.8) is 0 Å². The van der Waals surface area contributed by atoms with Gasteiger partial charge < -0.3 is 15.0 Å². The van der Waals surface area contributed by atoms with Gasteiger partial charge in [0.25, 0.3) is 11.5 Å². The molecule has 2 aromatic rings. The Balaban J connectivity index is 1.52. The highest BCUT2D eigenvalue weighted by molar-refractivity contribution is 5.81. The lowest BCUT2D eigenvalue weighted by Crippen LogP contribution is -2.48. The maximum atomic E-state index is 13.6. The van der Waals surface area contributed by atoms with Crippen LogP contribution in [0.15, 0.2) is 35.1 Å². The van der Waals surface area contributed by atoms with Gasteiger partial charge in [-0.15, -0.1) is 0 Å². The van der Waals surface area contributed by atoms with Crippen molar-refractivity contribution in [1.29, 1.82) is 0 Å². The van der Waals surface area contributed by atoms with E-state index in [1.807, 2.05) is 4.90 Å². The summed E-state index contributed by atoms with van der Waals surface area (Å²) < 4.78 is 19.1. The highest BCUT2D eigenvalue weighted by Gasteiger charge is 2.25. The number of hydrogen-bond acceptors (Lipinski definition) is 5. The molecule has 0 saturated carbocycles. The number of H-pyrrole nitrogens is 1. The lowest BCUT2D eigenvalue weighted by molar-refractivity contribution is -0.128. The Morgan fingerprint density at radius 3 is 2.74 bits per heavy atom. The summed E-state index contributed by atoms with van der Waals surface area (Å²) in [5.74, 6) is -0.158. The Bertz CT molecular complexity index is 862. The summed E-state index contributed by atoms with van der Waals surface area (Å²) in [4.78, 5) is 33.0. The van der Waals surface area contributed by atoms with Crippen LogP contribution in [0.1, 0.15) is 25.5 Å². The number of aromatic amines is 1. The molecule has 1 fully saturated rings. The van der Waals surface area contributed by atoms with E-state index < -0.39 is 11.9 Å². The van der Waals surface area contributed by atoms with Crippen LogP contribution < -0.4 is 20.5 Å². The predicted octanol–water partition coefficient (Wildman–Crippen LogP) is 1.77. The van der Waals surface area contributed by atoms with E-state index in [1.165, 1.54) is 18.2 Å². The molecule has 1 aliphatic rings. The van der Waals surface area contributed by atoms with Crippen LogP contribution in [0.2, 0.25) is 0 Å². The zero-order valence-electron chi connectivity index (χ0n) is 15.4. The first-order valence-electron chi connectivity index (χ1n) is 8.97. The molecule has 8 heteroatoms. The topological polar surface area (TPSA) is 87.3 Å². The van der Waals surface area contributed by atoms with E-state index in [0.717, 1.165) is 12.8 Å². The van der Waals surface area contributed by atoms with Crippen LogP contribution in [0, 0.1) is 12.7 Å². The number of para-hydroxylation sites is 1. The summed E-state index contributed by atoms with van der Waals surface area (Å²) in [6.45, 7) is 4.71. The number of benzene rings is 1. The Morgan fingerprint density at radius 1 is 1.37 bits per heavy atom. The molecule has 0 unspecified atom stereocenters. The van der Waals surface area contributed by atoms with Gasteiger partial charge in [0, 0.05) is 30.9 Å². The maximum absolute atomic E-state index is 13.6. The van der Waals surface area contributed by atoms with Crippen LogP contribution in [0.5, 0.6) is 5.75 Å². The van der Waals surface area contributed by atoms with Crippen molar-refractivity contribution in [1.82, 2.24) is 15.3 Å². The number of nitrogens with zero attached hydrogens (tertiary/aromatic N) is 2. The third kappa shape index (κ3) is 4.84. The van der Waals surface area contributed by atoms with Crippen LogP contribution in [0.4, 0.5) is 10.3 Å². The van der Waals surface area contributed by atoms with Gasteiger partial charge in [0.1, 0.15) is 0 Å². The van der Waals surface area contributed by atoms with Crippen molar-refractivity contribution in [3.05, 3.63) is 52.2 Å². The second-order valence-electron chi connectivity index (χ2n) is 6.67. The number of aromatic nitrogens is 2. The molecule has 7 nitrogen and oxygen atoms in total. The number of ether oxygens (including phenoxy) is 1. The standard InChI is InChI=1S/C19H23FN4O3/c1-12-11-17(25)23-19(21-12)24-9-7-14(8-10-24)22-18(26)13(2)27-16-6-4-3-5-15(16)20/h3-6,11,13-14H,7-10H2,1-2H3,(H,22,26)(H,21,23,25)/t13-/m0/s1. The molecule has 0 bridgehead atoms. The van der Waals surface area contributed by atoms with Gasteiger partial charge >= 0.3 is 0 Å². The van der Waals surface area contributed by atoms with E-state index in [1.54, 1.807) is 26.0 Å². The van der Waals surface area contributed by atoms with Gasteiger partial charge in [0.2, 0.25) is 5.95 Å². The fraction of sp³-hybridized carbons (Fsp3) is 0.421. The number of carbonyl (C=O) groups is 1. The number of amides is 1. The first-order chi connectivity index (χ1) is 12.9. The van der Waals surface area contributed by atoms with E-state index in [-0.39, 0.29) is 23.3 Å². The lowest BCUT2D eigenvalue weighted by atomic mass is 10.1. The summed E-state index contributed by atoms with van der Waals surface area (Å²) in [6.07, 6.45) is 0.640. The summed E-state index contributed by atoms with van der Waals surface area (Å²) in [6, 6.07) is 7.45. The number of nitrogens with one attached hydrogen (secondary N) is 2. The number of hydrogen-bond donors (Lipinski definition) is 2. The first-order valence-corrected chi connectivity index (χ1v) is 8.97. The number of anilines is 1. The van der Waals surface area contributed by atoms with Crippen molar-refractivity contribution in [2.45, 2.75) is 38.8 Å². The van der Waals surface area contributed by atoms with Gasteiger partial charge in [-0.05, 0) is 38.8 Å². The SMILES string of the molecule is Cc1cc(=O)[nH]c(N2CCC(NC(=O)[C@H](C)Oc3ccccc3F)CC2)n1. The van der Waals surface area contributed by atoms with E-state index >= 15 is 0 Å². The minimum Gasteiger partial charge on any atom is -0.478 e. The van der Waals surface area contributed by atoms with E-state index in [2.05, 4.69) is 15.3 Å². The highest BCUT2D eigenvalue weighted by Crippen LogP contribution is 2.18. The van der Waals surface area contributed by atoms with Crippen LogP contribution in [-0.2, 0) is 4.79 Å². The lowest BCUT2D eigenvalue weighted by Gasteiger charge is -2.33. The molecule has 144 valence electrons. The molecule has 0 radical (unpaired) electrons. The summed E-state index contributed by atoms with van der Waals surface area (Å²) in [7, 11) is 0. The molecule has 2 heterocycles. The Morgan fingerprint density at radius 2 is 2.07 bits per heavy atom. The molecule has 27 heavy (non-hydrogen) atoms. The molecule has 0 spiro atoms. The minimum absolute atomic E-state index is 0.00282. The molecule has 1 aliphatic heterocycles. The Kier molecular flexibility index (Phi) is 5.73. The second-order valence-corrected chi connectivity index (χ2v) is 6.67. The molecule has 2 N–H and O–H groups in total. The first kappa shape index (κ1) is 18.9. The molecule has 1 amide bonds. The Labute approximate surface area is 156 Å². The summed E-state index contributed by atoms with van der Waals surface area (Å²) in [5, 5.41) is 2.95. The number of aryl methyl sites for hydroxylation is 1. The molecule has 1 atom stereocenters.